The first-order chi connectivity index (χ1) is 17.8. The lowest BCUT2D eigenvalue weighted by atomic mass is 9.96. The number of alkyl carbamates (subject to hydrolysis) is 1. The highest BCUT2D eigenvalue weighted by molar-refractivity contribution is 6.67. The molecular formula is C26H30Cl3NO7. The molecule has 11 heteroatoms. The van der Waals surface area contributed by atoms with Crippen molar-refractivity contribution in [3.8, 4) is 0 Å². The summed E-state index contributed by atoms with van der Waals surface area (Å²) in [6.07, 6.45) is -3.09. The molecule has 0 aliphatic carbocycles. The van der Waals surface area contributed by atoms with E-state index in [1.165, 1.54) is 0 Å². The first-order valence-electron chi connectivity index (χ1n) is 11.6. The van der Waals surface area contributed by atoms with Crippen molar-refractivity contribution in [1.82, 2.24) is 5.32 Å². The Kier molecular flexibility index (Phi) is 11.9. The largest absolute Gasteiger partial charge is 0.445 e. The number of hydrogen-bond donors (Lipinski definition) is 2. The highest BCUT2D eigenvalue weighted by atomic mass is 35.6. The number of hydrogen-bond acceptors (Lipinski definition) is 7. The lowest BCUT2D eigenvalue weighted by Crippen LogP contribution is -2.65. The smallest absolute Gasteiger partial charge is 0.407 e. The standard InChI is InChI=1S/C26H30Cl3NO7/c1-2-13-33-16-20-22(34-14-18-9-5-3-6-10-18)23(35-15-19-11-7-4-8-12-19)21(24(31)37-20)30-25(32)36-17-26(27,28)29/h2-12,20-24,31H,1,13-17H2,(H,30,32)/t20-,21-,22-,23-,24?/m1/s1. The Morgan fingerprint density at radius 2 is 1.57 bits per heavy atom. The zero-order valence-corrected chi connectivity index (χ0v) is 22.3. The second-order valence-electron chi connectivity index (χ2n) is 8.28. The number of amides is 1. The van der Waals surface area contributed by atoms with Gasteiger partial charge in [-0.05, 0) is 11.1 Å². The number of aliphatic hydroxyl groups excluding tert-OH is 1. The van der Waals surface area contributed by atoms with Gasteiger partial charge in [0.25, 0.3) is 0 Å². The van der Waals surface area contributed by atoms with Crippen LogP contribution in [0.5, 0.6) is 0 Å². The number of alkyl halides is 3. The molecule has 37 heavy (non-hydrogen) atoms. The summed E-state index contributed by atoms with van der Waals surface area (Å²) in [4.78, 5) is 12.5. The summed E-state index contributed by atoms with van der Waals surface area (Å²) >= 11 is 17.0. The highest BCUT2D eigenvalue weighted by Crippen LogP contribution is 2.29. The molecule has 0 spiro atoms. The molecule has 1 unspecified atom stereocenters. The number of carbonyl (C=O) groups excluding carboxylic acids is 1. The Labute approximate surface area is 231 Å². The van der Waals surface area contributed by atoms with Crippen LogP contribution in [0.3, 0.4) is 0 Å². The van der Waals surface area contributed by atoms with E-state index in [0.717, 1.165) is 11.1 Å². The Hall–Kier alpha value is -1.88. The van der Waals surface area contributed by atoms with Crippen LogP contribution in [0.25, 0.3) is 0 Å². The molecule has 1 aliphatic heterocycles. The molecule has 1 saturated heterocycles. The molecule has 1 heterocycles. The van der Waals surface area contributed by atoms with E-state index in [-0.39, 0.29) is 26.4 Å². The van der Waals surface area contributed by atoms with Crippen LogP contribution >= 0.6 is 34.8 Å². The Morgan fingerprint density at radius 3 is 2.11 bits per heavy atom. The number of ether oxygens (including phenoxy) is 5. The Balaban J connectivity index is 1.83. The van der Waals surface area contributed by atoms with Gasteiger partial charge in [-0.25, -0.2) is 4.79 Å². The third-order valence-corrected chi connectivity index (χ3v) is 5.73. The molecule has 202 valence electrons. The van der Waals surface area contributed by atoms with E-state index in [4.69, 9.17) is 58.5 Å². The zero-order chi connectivity index (χ0) is 26.7. The summed E-state index contributed by atoms with van der Waals surface area (Å²) in [6, 6.07) is 18.0. The SMILES string of the molecule is C=CCOC[C@H]1OC(O)[C@H](NC(=O)OCC(Cl)(Cl)Cl)[C@@H](OCc2ccccc2)[C@@H]1OCc1ccccc1. The van der Waals surface area contributed by atoms with Gasteiger partial charge in [0.2, 0.25) is 3.79 Å². The summed E-state index contributed by atoms with van der Waals surface area (Å²) in [5.74, 6) is 0. The van der Waals surface area contributed by atoms with Gasteiger partial charge in [0.1, 0.15) is 31.0 Å². The maximum Gasteiger partial charge on any atom is 0.407 e. The summed E-state index contributed by atoms with van der Waals surface area (Å²) in [7, 11) is 0. The van der Waals surface area contributed by atoms with Gasteiger partial charge in [-0.15, -0.1) is 6.58 Å². The fourth-order valence-corrected chi connectivity index (χ4v) is 3.90. The summed E-state index contributed by atoms with van der Waals surface area (Å²) in [5, 5.41) is 13.4. The van der Waals surface area contributed by atoms with Crippen LogP contribution in [0, 0.1) is 0 Å². The van der Waals surface area contributed by atoms with Gasteiger partial charge in [-0.3, -0.25) is 0 Å². The number of aliphatic hydroxyl groups is 1. The topological polar surface area (TPSA) is 95.5 Å². The molecule has 5 atom stereocenters. The molecule has 1 amide bonds. The molecule has 0 aromatic heterocycles. The van der Waals surface area contributed by atoms with E-state index in [9.17, 15) is 9.90 Å². The Morgan fingerprint density at radius 1 is 1.00 bits per heavy atom. The van der Waals surface area contributed by atoms with Gasteiger partial charge in [0.15, 0.2) is 6.29 Å². The molecule has 1 fully saturated rings. The molecule has 2 aromatic carbocycles. The summed E-state index contributed by atoms with van der Waals surface area (Å²) in [5.41, 5.74) is 1.81. The van der Waals surface area contributed by atoms with Crippen molar-refractivity contribution in [3.63, 3.8) is 0 Å². The molecule has 8 nitrogen and oxygen atoms in total. The fourth-order valence-electron chi connectivity index (χ4n) is 3.73. The number of carbonyl (C=O) groups is 1. The molecule has 0 bridgehead atoms. The van der Waals surface area contributed by atoms with E-state index in [2.05, 4.69) is 11.9 Å². The number of rotatable bonds is 12. The van der Waals surface area contributed by atoms with E-state index >= 15 is 0 Å². The highest BCUT2D eigenvalue weighted by Gasteiger charge is 2.48. The minimum Gasteiger partial charge on any atom is -0.445 e. The van der Waals surface area contributed by atoms with Gasteiger partial charge in [0, 0.05) is 0 Å². The van der Waals surface area contributed by atoms with Gasteiger partial charge in [-0.2, -0.15) is 0 Å². The first-order valence-corrected chi connectivity index (χ1v) is 12.7. The first kappa shape index (κ1) is 29.7. The van der Waals surface area contributed by atoms with Crippen molar-refractivity contribution in [3.05, 3.63) is 84.4 Å². The van der Waals surface area contributed by atoms with Gasteiger partial charge < -0.3 is 34.1 Å². The summed E-state index contributed by atoms with van der Waals surface area (Å²) < 4.78 is 27.1. The Bertz CT molecular complexity index is 962. The average Bonchev–Trinajstić information content (AvgIpc) is 2.88. The van der Waals surface area contributed by atoms with Crippen molar-refractivity contribution >= 4 is 40.9 Å². The van der Waals surface area contributed by atoms with Crippen molar-refractivity contribution in [2.45, 2.75) is 47.7 Å². The van der Waals surface area contributed by atoms with Crippen LogP contribution in [0.2, 0.25) is 0 Å². The summed E-state index contributed by atoms with van der Waals surface area (Å²) in [6.45, 7) is 3.95. The van der Waals surface area contributed by atoms with Crippen molar-refractivity contribution in [1.29, 1.82) is 0 Å². The van der Waals surface area contributed by atoms with Crippen molar-refractivity contribution < 1.29 is 33.6 Å². The monoisotopic (exact) mass is 573 g/mol. The molecule has 0 radical (unpaired) electrons. The minimum absolute atomic E-state index is 0.0954. The number of halogens is 3. The van der Waals surface area contributed by atoms with Gasteiger partial charge >= 0.3 is 6.09 Å². The molecule has 0 saturated carbocycles. The number of benzene rings is 2. The number of nitrogens with one attached hydrogen (secondary N) is 1. The van der Waals surface area contributed by atoms with Crippen LogP contribution in [-0.4, -0.2) is 65.5 Å². The maximum atomic E-state index is 12.5. The predicted molar refractivity (Wildman–Crippen MR) is 140 cm³/mol. The van der Waals surface area contributed by atoms with E-state index < -0.39 is 47.1 Å². The minimum atomic E-state index is -1.79. The van der Waals surface area contributed by atoms with Crippen LogP contribution in [0.1, 0.15) is 11.1 Å². The fraction of sp³-hybridized carbons (Fsp3) is 0.423. The molecule has 2 aromatic rings. The van der Waals surface area contributed by atoms with Crippen LogP contribution in [0.4, 0.5) is 4.79 Å². The second kappa shape index (κ2) is 14.9. The van der Waals surface area contributed by atoms with Gasteiger partial charge in [0.05, 0.1) is 26.4 Å². The normalized spacial score (nSPS) is 23.8. The van der Waals surface area contributed by atoms with E-state index in [1.807, 2.05) is 60.7 Å². The van der Waals surface area contributed by atoms with Crippen LogP contribution in [0.15, 0.2) is 73.3 Å². The zero-order valence-electron chi connectivity index (χ0n) is 20.0. The quantitative estimate of drug-likeness (QED) is 0.218. The van der Waals surface area contributed by atoms with Crippen LogP contribution < -0.4 is 5.32 Å². The predicted octanol–water partition coefficient (Wildman–Crippen LogP) is 4.54. The third-order valence-electron chi connectivity index (χ3n) is 5.41. The molecule has 1 aliphatic rings. The molecule has 2 N–H and O–H groups in total. The van der Waals surface area contributed by atoms with Crippen LogP contribution in [-0.2, 0) is 36.9 Å². The van der Waals surface area contributed by atoms with E-state index in [0.29, 0.717) is 0 Å². The maximum absolute atomic E-state index is 12.5. The van der Waals surface area contributed by atoms with E-state index in [1.54, 1.807) is 6.08 Å². The average molecular weight is 575 g/mol. The van der Waals surface area contributed by atoms with Crippen molar-refractivity contribution in [2.75, 3.05) is 19.8 Å². The second-order valence-corrected chi connectivity index (χ2v) is 10.8. The molecule has 3 rings (SSSR count). The molecular weight excluding hydrogens is 545 g/mol. The third kappa shape index (κ3) is 10.1. The lowest BCUT2D eigenvalue weighted by molar-refractivity contribution is -0.276. The van der Waals surface area contributed by atoms with Gasteiger partial charge in [-0.1, -0.05) is 102 Å². The lowest BCUT2D eigenvalue weighted by Gasteiger charge is -2.44. The van der Waals surface area contributed by atoms with Crippen molar-refractivity contribution in [2.24, 2.45) is 0 Å².